The van der Waals surface area contributed by atoms with Crippen molar-refractivity contribution in [3.8, 4) is 0 Å². The molecule has 2 aliphatic rings. The van der Waals surface area contributed by atoms with Gasteiger partial charge in [0, 0.05) is 29.1 Å². The molecule has 2 aromatic rings. The fourth-order valence-electron chi connectivity index (χ4n) is 4.70. The molecule has 0 radical (unpaired) electrons. The standard InChI is InChI=1S/C26H29ClN2O2/c1-4-5-14-23(31)29-21-13-9-8-12-19(21)28-20-15-26(2,3)16-22(30)24(20)25(29)17-10-6-7-11-18(17)27/h6-13,25,28H,4-5,14-16H2,1-3H3/t25-/m0/s1. The lowest BCUT2D eigenvalue weighted by Gasteiger charge is -2.37. The van der Waals surface area contributed by atoms with E-state index in [4.69, 9.17) is 11.6 Å². The van der Waals surface area contributed by atoms with Crippen LogP contribution < -0.4 is 10.2 Å². The topological polar surface area (TPSA) is 49.4 Å². The number of anilines is 2. The maximum absolute atomic E-state index is 13.6. The van der Waals surface area contributed by atoms with E-state index < -0.39 is 6.04 Å². The van der Waals surface area contributed by atoms with E-state index in [0.717, 1.165) is 41.9 Å². The third-order valence-electron chi connectivity index (χ3n) is 6.11. The molecular weight excluding hydrogens is 408 g/mol. The summed E-state index contributed by atoms with van der Waals surface area (Å²) in [7, 11) is 0. The lowest BCUT2D eigenvalue weighted by molar-refractivity contribution is -0.119. The van der Waals surface area contributed by atoms with Crippen LogP contribution in [0.15, 0.2) is 59.8 Å². The molecule has 0 bridgehead atoms. The zero-order chi connectivity index (χ0) is 22.2. The van der Waals surface area contributed by atoms with E-state index in [0.29, 0.717) is 23.4 Å². The minimum absolute atomic E-state index is 0.00686. The lowest BCUT2D eigenvalue weighted by atomic mass is 9.73. The summed E-state index contributed by atoms with van der Waals surface area (Å²) in [6, 6.07) is 14.8. The van der Waals surface area contributed by atoms with Crippen molar-refractivity contribution < 1.29 is 9.59 Å². The number of nitrogens with one attached hydrogen (secondary N) is 1. The number of carbonyl (C=O) groups excluding carboxylic acids is 2. The molecule has 0 aromatic heterocycles. The van der Waals surface area contributed by atoms with Crippen LogP contribution in [0.25, 0.3) is 0 Å². The first-order valence-electron chi connectivity index (χ1n) is 11.0. The van der Waals surface area contributed by atoms with Crippen LogP contribution in [0.3, 0.4) is 0 Å². The van der Waals surface area contributed by atoms with Crippen LogP contribution in [0.1, 0.15) is 64.5 Å². The second kappa shape index (κ2) is 8.51. The molecule has 0 fully saturated rings. The molecule has 0 unspecified atom stereocenters. The van der Waals surface area contributed by atoms with Crippen molar-refractivity contribution in [2.75, 3.05) is 10.2 Å². The highest BCUT2D eigenvalue weighted by Crippen LogP contribution is 2.49. The Kier molecular flexibility index (Phi) is 5.94. The van der Waals surface area contributed by atoms with Crippen molar-refractivity contribution in [1.82, 2.24) is 0 Å². The SMILES string of the molecule is CCCCC(=O)N1c2ccccc2NC2=C(C(=O)CC(C)(C)C2)[C@@H]1c1ccccc1Cl. The predicted molar refractivity (Wildman–Crippen MR) is 126 cm³/mol. The van der Waals surface area contributed by atoms with Crippen LogP contribution in [0, 0.1) is 5.41 Å². The van der Waals surface area contributed by atoms with Gasteiger partial charge in [-0.1, -0.05) is 69.1 Å². The second-order valence-corrected chi connectivity index (χ2v) is 9.67. The van der Waals surface area contributed by atoms with Crippen molar-refractivity contribution in [2.45, 2.75) is 58.9 Å². The smallest absolute Gasteiger partial charge is 0.227 e. The molecule has 1 aliphatic carbocycles. The lowest BCUT2D eigenvalue weighted by Crippen LogP contribution is -2.39. The van der Waals surface area contributed by atoms with Gasteiger partial charge in [0.1, 0.15) is 0 Å². The largest absolute Gasteiger partial charge is 0.357 e. The summed E-state index contributed by atoms with van der Waals surface area (Å²) in [5.74, 6) is 0.0807. The minimum atomic E-state index is -0.548. The maximum Gasteiger partial charge on any atom is 0.227 e. The Morgan fingerprint density at radius 1 is 1.13 bits per heavy atom. The van der Waals surface area contributed by atoms with Gasteiger partial charge in [0.05, 0.1) is 17.4 Å². The predicted octanol–water partition coefficient (Wildman–Crippen LogP) is 6.67. The molecule has 0 spiro atoms. The fraction of sp³-hybridized carbons (Fsp3) is 0.385. The quantitative estimate of drug-likeness (QED) is 0.581. The number of allylic oxidation sites excluding steroid dienone is 1. The van der Waals surface area contributed by atoms with E-state index in [2.05, 4.69) is 26.1 Å². The molecular formula is C26H29ClN2O2. The van der Waals surface area contributed by atoms with Gasteiger partial charge < -0.3 is 5.32 Å². The van der Waals surface area contributed by atoms with Gasteiger partial charge in [-0.3, -0.25) is 14.5 Å². The Balaban J connectivity index is 1.99. The summed E-state index contributed by atoms with van der Waals surface area (Å²) >= 11 is 6.65. The highest BCUT2D eigenvalue weighted by molar-refractivity contribution is 6.31. The molecule has 4 nitrogen and oxygen atoms in total. The second-order valence-electron chi connectivity index (χ2n) is 9.27. The molecule has 0 saturated carbocycles. The van der Waals surface area contributed by atoms with Crippen molar-refractivity contribution in [3.05, 3.63) is 70.4 Å². The van der Waals surface area contributed by atoms with Gasteiger partial charge in [0.15, 0.2) is 5.78 Å². The highest BCUT2D eigenvalue weighted by atomic mass is 35.5. The van der Waals surface area contributed by atoms with Crippen LogP contribution in [-0.2, 0) is 9.59 Å². The third kappa shape index (κ3) is 4.14. The van der Waals surface area contributed by atoms with Gasteiger partial charge in [-0.15, -0.1) is 0 Å². The molecule has 31 heavy (non-hydrogen) atoms. The van der Waals surface area contributed by atoms with E-state index in [1.807, 2.05) is 48.5 Å². The van der Waals surface area contributed by atoms with Crippen LogP contribution in [0.2, 0.25) is 5.02 Å². The number of ketones is 1. The number of unbranched alkanes of at least 4 members (excludes halogenated alkanes) is 1. The minimum Gasteiger partial charge on any atom is -0.357 e. The van der Waals surface area contributed by atoms with Crippen molar-refractivity contribution in [3.63, 3.8) is 0 Å². The zero-order valence-electron chi connectivity index (χ0n) is 18.4. The molecule has 5 heteroatoms. The van der Waals surface area contributed by atoms with Crippen LogP contribution in [0.4, 0.5) is 11.4 Å². The number of para-hydroxylation sites is 2. The Morgan fingerprint density at radius 2 is 1.84 bits per heavy atom. The number of nitrogens with zero attached hydrogens (tertiary/aromatic N) is 1. The Hall–Kier alpha value is -2.59. The molecule has 4 rings (SSSR count). The van der Waals surface area contributed by atoms with Gasteiger partial charge >= 0.3 is 0 Å². The number of halogens is 1. The van der Waals surface area contributed by atoms with Gasteiger partial charge in [-0.05, 0) is 42.0 Å². The summed E-state index contributed by atoms with van der Waals surface area (Å²) in [6.07, 6.45) is 3.33. The monoisotopic (exact) mass is 436 g/mol. The first kappa shape index (κ1) is 21.6. The molecule has 1 N–H and O–H groups in total. The van der Waals surface area contributed by atoms with Crippen LogP contribution in [0.5, 0.6) is 0 Å². The molecule has 1 amide bonds. The Bertz CT molecular complexity index is 1060. The molecule has 162 valence electrons. The van der Waals surface area contributed by atoms with Gasteiger partial charge in [-0.2, -0.15) is 0 Å². The van der Waals surface area contributed by atoms with E-state index in [1.165, 1.54) is 0 Å². The fourth-order valence-corrected chi connectivity index (χ4v) is 4.94. The van der Waals surface area contributed by atoms with E-state index in [9.17, 15) is 9.59 Å². The normalized spacial score (nSPS) is 19.9. The highest BCUT2D eigenvalue weighted by Gasteiger charge is 2.43. The summed E-state index contributed by atoms with van der Waals surface area (Å²) < 4.78 is 0. The summed E-state index contributed by atoms with van der Waals surface area (Å²) in [5.41, 5.74) is 3.82. The summed E-state index contributed by atoms with van der Waals surface area (Å²) in [6.45, 7) is 6.30. The number of rotatable bonds is 4. The van der Waals surface area contributed by atoms with Gasteiger partial charge in [0.25, 0.3) is 0 Å². The average molecular weight is 437 g/mol. The van der Waals surface area contributed by atoms with Crippen molar-refractivity contribution >= 4 is 34.7 Å². The first-order valence-corrected chi connectivity index (χ1v) is 11.4. The van der Waals surface area contributed by atoms with Gasteiger partial charge in [-0.25, -0.2) is 0 Å². The number of hydrogen-bond donors (Lipinski definition) is 1. The zero-order valence-corrected chi connectivity index (χ0v) is 19.1. The van der Waals surface area contributed by atoms with Crippen LogP contribution >= 0.6 is 11.6 Å². The van der Waals surface area contributed by atoms with Crippen molar-refractivity contribution in [1.29, 1.82) is 0 Å². The summed E-state index contributed by atoms with van der Waals surface area (Å²) in [4.78, 5) is 28.9. The van der Waals surface area contributed by atoms with E-state index >= 15 is 0 Å². The summed E-state index contributed by atoms with van der Waals surface area (Å²) in [5, 5.41) is 4.09. The Morgan fingerprint density at radius 3 is 2.58 bits per heavy atom. The van der Waals surface area contributed by atoms with Gasteiger partial charge in [0.2, 0.25) is 5.91 Å². The first-order chi connectivity index (χ1) is 14.8. The van der Waals surface area contributed by atoms with Crippen LogP contribution in [-0.4, -0.2) is 11.7 Å². The van der Waals surface area contributed by atoms with E-state index in [1.54, 1.807) is 4.90 Å². The molecule has 2 aromatic carbocycles. The van der Waals surface area contributed by atoms with E-state index in [-0.39, 0.29) is 17.1 Å². The number of hydrogen-bond acceptors (Lipinski definition) is 3. The molecule has 1 heterocycles. The number of amides is 1. The molecule has 1 aliphatic heterocycles. The van der Waals surface area contributed by atoms with Crippen molar-refractivity contribution in [2.24, 2.45) is 5.41 Å². The number of fused-ring (bicyclic) bond motifs is 1. The molecule has 1 atom stereocenters. The number of carbonyl (C=O) groups is 2. The molecule has 0 saturated heterocycles. The third-order valence-corrected chi connectivity index (χ3v) is 6.46. The average Bonchev–Trinajstić information content (AvgIpc) is 2.85. The number of benzene rings is 2. The maximum atomic E-state index is 13.6. The Labute approximate surface area is 189 Å². The number of Topliss-reactive ketones (excluding diaryl/α,β-unsaturated/α-hetero) is 1.